The van der Waals surface area contributed by atoms with Crippen LogP contribution in [0.25, 0.3) is 0 Å². The molecule has 3 rings (SSSR count). The second kappa shape index (κ2) is 7.77. The van der Waals surface area contributed by atoms with Gasteiger partial charge in [0.15, 0.2) is 5.11 Å². The largest absolute Gasteiger partial charge is 0.334 e. The monoisotopic (exact) mass is 340 g/mol. The fourth-order valence-corrected chi connectivity index (χ4v) is 3.58. The topological polar surface area (TPSA) is 19.7 Å². The number of likely N-dealkylation sites (N-methyl/N-ethyl adjacent to an activating group) is 1. The maximum Gasteiger partial charge on any atom is 0.174 e. The number of quaternary nitrogens is 1. The van der Waals surface area contributed by atoms with Gasteiger partial charge in [-0.25, -0.2) is 0 Å². The number of aryl methyl sites for hydroxylation is 1. The van der Waals surface area contributed by atoms with Crippen LogP contribution in [0.5, 0.6) is 0 Å². The maximum absolute atomic E-state index is 5.74. The molecule has 1 unspecified atom stereocenters. The van der Waals surface area contributed by atoms with Crippen molar-refractivity contribution < 1.29 is 4.90 Å². The van der Waals surface area contributed by atoms with Gasteiger partial charge in [0.05, 0.1) is 20.1 Å². The van der Waals surface area contributed by atoms with Crippen molar-refractivity contribution in [2.24, 2.45) is 0 Å². The van der Waals surface area contributed by atoms with Crippen LogP contribution in [0.15, 0.2) is 54.6 Å². The van der Waals surface area contributed by atoms with Crippen LogP contribution >= 0.6 is 12.2 Å². The van der Waals surface area contributed by atoms with Crippen molar-refractivity contribution >= 4 is 23.0 Å². The van der Waals surface area contributed by atoms with E-state index in [2.05, 4.69) is 78.8 Å². The number of hydrogen-bond acceptors (Lipinski definition) is 1. The third-order valence-corrected chi connectivity index (χ3v) is 5.09. The predicted molar refractivity (Wildman–Crippen MR) is 105 cm³/mol. The van der Waals surface area contributed by atoms with Gasteiger partial charge in [-0.05, 0) is 41.9 Å². The summed E-state index contributed by atoms with van der Waals surface area (Å²) in [6.07, 6.45) is 1.06. The fraction of sp³-hybridized carbons (Fsp3) is 0.350. The average Bonchev–Trinajstić information content (AvgIpc) is 2.63. The summed E-state index contributed by atoms with van der Waals surface area (Å²) in [6, 6.07) is 19.6. The molecule has 4 heteroatoms. The number of rotatable bonds is 3. The van der Waals surface area contributed by atoms with Crippen LogP contribution in [0.3, 0.4) is 0 Å². The summed E-state index contributed by atoms with van der Waals surface area (Å²) >= 11 is 5.74. The first-order chi connectivity index (χ1) is 11.7. The summed E-state index contributed by atoms with van der Waals surface area (Å²) < 4.78 is 0. The van der Waals surface area contributed by atoms with Crippen molar-refractivity contribution in [1.82, 2.24) is 4.90 Å². The van der Waals surface area contributed by atoms with Gasteiger partial charge in [-0.15, -0.1) is 0 Å². The molecule has 2 atom stereocenters. The van der Waals surface area contributed by atoms with Gasteiger partial charge in [0.2, 0.25) is 0 Å². The molecule has 24 heavy (non-hydrogen) atoms. The standard InChI is InChI=1S/C20H25N3S/c1-3-16-9-11-18(12-10-16)21-20(24)23-14-13-22(2)15-19(23)17-7-5-4-6-8-17/h4-12,19H,3,13-15H2,1-2H3,(H,21,24)/p+1/t19-/m1/s1. The summed E-state index contributed by atoms with van der Waals surface area (Å²) in [4.78, 5) is 3.89. The van der Waals surface area contributed by atoms with Gasteiger partial charge < -0.3 is 15.1 Å². The lowest BCUT2D eigenvalue weighted by molar-refractivity contribution is -0.887. The third-order valence-electron chi connectivity index (χ3n) is 4.76. The van der Waals surface area contributed by atoms with Gasteiger partial charge in [-0.1, -0.05) is 49.4 Å². The lowest BCUT2D eigenvalue weighted by atomic mass is 10.0. The minimum atomic E-state index is 0.329. The van der Waals surface area contributed by atoms with Gasteiger partial charge in [0, 0.05) is 5.69 Å². The number of anilines is 1. The van der Waals surface area contributed by atoms with Crippen molar-refractivity contribution in [3.05, 3.63) is 65.7 Å². The number of nitrogens with one attached hydrogen (secondary N) is 2. The molecule has 2 aromatic carbocycles. The Morgan fingerprint density at radius 3 is 2.54 bits per heavy atom. The van der Waals surface area contributed by atoms with E-state index < -0.39 is 0 Å². The second-order valence-corrected chi connectivity index (χ2v) is 6.90. The molecule has 1 fully saturated rings. The lowest BCUT2D eigenvalue weighted by Crippen LogP contribution is -3.12. The summed E-state index contributed by atoms with van der Waals surface area (Å²) in [5.74, 6) is 0. The van der Waals surface area contributed by atoms with E-state index in [0.29, 0.717) is 6.04 Å². The molecule has 0 amide bonds. The molecule has 0 radical (unpaired) electrons. The number of hydrogen-bond donors (Lipinski definition) is 2. The third kappa shape index (κ3) is 3.94. The van der Waals surface area contributed by atoms with Crippen LogP contribution in [0.1, 0.15) is 24.1 Å². The smallest absolute Gasteiger partial charge is 0.174 e. The number of piperazine rings is 1. The zero-order valence-electron chi connectivity index (χ0n) is 14.5. The highest BCUT2D eigenvalue weighted by molar-refractivity contribution is 7.80. The molecule has 0 aromatic heterocycles. The van der Waals surface area contributed by atoms with Crippen LogP contribution in [0, 0.1) is 0 Å². The van der Waals surface area contributed by atoms with Crippen LogP contribution in [0.4, 0.5) is 5.69 Å². The van der Waals surface area contributed by atoms with E-state index in [9.17, 15) is 0 Å². The molecule has 2 aromatic rings. The Balaban J connectivity index is 1.75. The first kappa shape index (κ1) is 16.9. The molecule has 126 valence electrons. The van der Waals surface area contributed by atoms with Crippen molar-refractivity contribution in [3.63, 3.8) is 0 Å². The molecular weight excluding hydrogens is 314 g/mol. The molecule has 2 N–H and O–H groups in total. The van der Waals surface area contributed by atoms with Gasteiger partial charge >= 0.3 is 0 Å². The summed E-state index contributed by atoms with van der Waals surface area (Å²) in [7, 11) is 2.26. The molecule has 1 aliphatic rings. The molecule has 0 saturated carbocycles. The van der Waals surface area contributed by atoms with Gasteiger partial charge in [0.25, 0.3) is 0 Å². The predicted octanol–water partition coefficient (Wildman–Crippen LogP) is 2.52. The number of thiocarbonyl (C=S) groups is 1. The Bertz CT molecular complexity index is 669. The lowest BCUT2D eigenvalue weighted by Gasteiger charge is -2.39. The normalized spacial score (nSPS) is 20.7. The SMILES string of the molecule is CCc1ccc(NC(=S)N2CC[NH+](C)C[C@@H]2c2ccccc2)cc1. The van der Waals surface area contributed by atoms with Gasteiger partial charge in [-0.3, -0.25) is 0 Å². The van der Waals surface area contributed by atoms with E-state index in [-0.39, 0.29) is 0 Å². The molecule has 0 aliphatic carbocycles. The van der Waals surface area contributed by atoms with E-state index in [1.54, 1.807) is 4.90 Å². The highest BCUT2D eigenvalue weighted by Crippen LogP contribution is 2.22. The first-order valence-electron chi connectivity index (χ1n) is 8.70. The van der Waals surface area contributed by atoms with Crippen LogP contribution in [-0.4, -0.2) is 36.7 Å². The maximum atomic E-state index is 5.74. The number of nitrogens with zero attached hydrogens (tertiary/aromatic N) is 1. The van der Waals surface area contributed by atoms with Crippen molar-refractivity contribution in [2.75, 3.05) is 32.0 Å². The highest BCUT2D eigenvalue weighted by Gasteiger charge is 2.30. The first-order valence-corrected chi connectivity index (χ1v) is 9.11. The average molecular weight is 341 g/mol. The molecular formula is C20H26N3S+. The van der Waals surface area contributed by atoms with Crippen molar-refractivity contribution in [1.29, 1.82) is 0 Å². The Hall–Kier alpha value is -1.91. The van der Waals surface area contributed by atoms with Crippen LogP contribution < -0.4 is 10.2 Å². The van der Waals surface area contributed by atoms with E-state index >= 15 is 0 Å². The molecule has 1 saturated heterocycles. The molecule has 0 bridgehead atoms. The Morgan fingerprint density at radius 2 is 1.88 bits per heavy atom. The zero-order chi connectivity index (χ0) is 16.9. The molecule has 1 heterocycles. The molecule has 0 spiro atoms. The minimum absolute atomic E-state index is 0.329. The van der Waals surface area contributed by atoms with E-state index in [1.807, 2.05) is 0 Å². The van der Waals surface area contributed by atoms with Gasteiger partial charge in [0.1, 0.15) is 12.6 Å². The van der Waals surface area contributed by atoms with E-state index in [4.69, 9.17) is 12.2 Å². The summed E-state index contributed by atoms with van der Waals surface area (Å²) in [6.45, 7) is 5.33. The Morgan fingerprint density at radius 1 is 1.17 bits per heavy atom. The highest BCUT2D eigenvalue weighted by atomic mass is 32.1. The molecule has 3 nitrogen and oxygen atoms in total. The summed E-state index contributed by atoms with van der Waals surface area (Å²) in [5.41, 5.74) is 3.74. The molecule has 1 aliphatic heterocycles. The van der Waals surface area contributed by atoms with Gasteiger partial charge in [-0.2, -0.15) is 0 Å². The number of benzene rings is 2. The Kier molecular flexibility index (Phi) is 5.48. The second-order valence-electron chi connectivity index (χ2n) is 6.51. The van der Waals surface area contributed by atoms with Crippen LogP contribution in [0.2, 0.25) is 0 Å². The van der Waals surface area contributed by atoms with Crippen molar-refractivity contribution in [3.8, 4) is 0 Å². The Labute approximate surface area is 150 Å². The van der Waals surface area contributed by atoms with E-state index in [0.717, 1.165) is 36.9 Å². The quantitative estimate of drug-likeness (QED) is 0.838. The zero-order valence-corrected chi connectivity index (χ0v) is 15.3. The minimum Gasteiger partial charge on any atom is -0.334 e. The van der Waals surface area contributed by atoms with Crippen molar-refractivity contribution in [2.45, 2.75) is 19.4 Å². The fourth-order valence-electron chi connectivity index (χ4n) is 3.24. The van der Waals surface area contributed by atoms with Crippen LogP contribution in [-0.2, 0) is 6.42 Å². The summed E-state index contributed by atoms with van der Waals surface area (Å²) in [5, 5.41) is 4.25. The van der Waals surface area contributed by atoms with E-state index in [1.165, 1.54) is 11.1 Å².